The highest BCUT2D eigenvalue weighted by Crippen LogP contribution is 2.39. The molecule has 1 aliphatic rings. The third kappa shape index (κ3) is 8.88. The van der Waals surface area contributed by atoms with Crippen molar-refractivity contribution in [1.29, 1.82) is 0 Å². The SMILES string of the molecule is c1ccc([Si]2(c3ccccc3)O[Si](c3ccccc3)(c3ccccc3)O[Si](c3ccccc3)(c3cccc(-c4cccc(-n5c6ccccc6c6cc(-n7c8ccccc8c8ccccc87)ccc65)c4)c3)O[Si](c3ccccc3)(c3ccccc3)O2)cc1. The predicted octanol–water partition coefficient (Wildman–Crippen LogP) is 13.0. The van der Waals surface area contributed by atoms with Crippen LogP contribution in [0.5, 0.6) is 0 Å². The van der Waals surface area contributed by atoms with Crippen molar-refractivity contribution in [3.8, 4) is 22.5 Å². The molecule has 0 unspecified atom stereocenters. The Hall–Kier alpha value is -9.83. The molecule has 0 saturated carbocycles. The summed E-state index contributed by atoms with van der Waals surface area (Å²) >= 11 is 0. The molecule has 1 fully saturated rings. The molecule has 15 aromatic rings. The molecule has 3 heterocycles. The van der Waals surface area contributed by atoms with E-state index in [2.05, 4.69) is 361 Å². The second-order valence-electron chi connectivity index (χ2n) is 22.5. The molecule has 0 aliphatic carbocycles. The fourth-order valence-corrected chi connectivity index (χ4v) is 36.0. The summed E-state index contributed by atoms with van der Waals surface area (Å²) in [5, 5.41) is 12.4. The van der Waals surface area contributed by atoms with Gasteiger partial charge in [-0.25, -0.2) is 0 Å². The molecule has 0 radical (unpaired) electrons. The van der Waals surface area contributed by atoms with Crippen molar-refractivity contribution in [1.82, 2.24) is 9.13 Å². The van der Waals surface area contributed by atoms with Crippen molar-refractivity contribution in [3.05, 3.63) is 352 Å². The second-order valence-corrected chi connectivity index (χ2v) is 35.3. The summed E-state index contributed by atoms with van der Waals surface area (Å²) in [5.41, 5.74) is 8.86. The van der Waals surface area contributed by atoms with E-state index >= 15 is 0 Å². The van der Waals surface area contributed by atoms with E-state index in [0.29, 0.717) is 0 Å². The molecule has 0 bridgehead atoms. The molecular weight excluding hydrogens is 1140 g/mol. The number of hydrogen-bond donors (Lipinski definition) is 0. The largest absolute Gasteiger partial charge is 0.402 e. The highest BCUT2D eigenvalue weighted by atomic mass is 28.5. The van der Waals surface area contributed by atoms with Crippen molar-refractivity contribution >= 4 is 119 Å². The standard InChI is InChI=1S/C78H58N2O4Si4/c1-8-33-63(34-9-1)85(64-35-10-2-11-36-64)81-86(65-37-12-3-13-38-65,66-39-14-4-15-40-66)83-88(69-45-20-7-21-46-69,84-87(82-85,67-41-16-5-17-42-67)68-43-18-6-19-44-68)70-47-29-31-60(57-70)59-30-28-32-61(56-59)79-77-53-27-24-50-73(77)74-58-62(54-55-78(74)79)80-75-51-25-22-48-71(75)72-49-23-26-52-76(72)80/h1-58H. The van der Waals surface area contributed by atoms with E-state index in [1.165, 1.54) is 32.6 Å². The minimum absolute atomic E-state index is 0.921. The number of hydrogen-bond acceptors (Lipinski definition) is 4. The van der Waals surface area contributed by atoms with Gasteiger partial charge in [-0.3, -0.25) is 0 Å². The number of rotatable bonds is 11. The lowest BCUT2D eigenvalue weighted by atomic mass is 10.1. The molecule has 10 heteroatoms. The zero-order chi connectivity index (χ0) is 58.5. The number of para-hydroxylation sites is 3. The summed E-state index contributed by atoms with van der Waals surface area (Å²) in [6.45, 7) is 0. The lowest BCUT2D eigenvalue weighted by molar-refractivity contribution is 0.268. The average Bonchev–Trinajstić information content (AvgIpc) is 0.927. The molecular formula is C78H58N2O4Si4. The first-order valence-electron chi connectivity index (χ1n) is 30.0. The summed E-state index contributed by atoms with van der Waals surface area (Å²) in [6, 6.07) is 125. The molecule has 1 saturated heterocycles. The van der Waals surface area contributed by atoms with Gasteiger partial charge in [0.25, 0.3) is 0 Å². The van der Waals surface area contributed by atoms with Gasteiger partial charge in [0, 0.05) is 32.9 Å². The van der Waals surface area contributed by atoms with Crippen LogP contribution in [0.2, 0.25) is 0 Å². The van der Waals surface area contributed by atoms with E-state index in [0.717, 1.165) is 75.0 Å². The van der Waals surface area contributed by atoms with Crippen LogP contribution in [0.1, 0.15) is 0 Å². The maximum Gasteiger partial charge on any atom is 0.390 e. The number of fused-ring (bicyclic) bond motifs is 6. The van der Waals surface area contributed by atoms with Gasteiger partial charge in [0.1, 0.15) is 0 Å². The Bertz CT molecular complexity index is 4730. The molecule has 0 N–H and O–H groups in total. The summed E-state index contributed by atoms with van der Waals surface area (Å²) in [5.74, 6) is 0. The van der Waals surface area contributed by atoms with Crippen LogP contribution in [0, 0.1) is 0 Å². The van der Waals surface area contributed by atoms with Gasteiger partial charge in [0.2, 0.25) is 0 Å². The van der Waals surface area contributed by atoms with E-state index in [9.17, 15) is 0 Å². The van der Waals surface area contributed by atoms with Gasteiger partial charge >= 0.3 is 34.2 Å². The molecule has 6 nitrogen and oxygen atoms in total. The molecule has 13 aromatic carbocycles. The van der Waals surface area contributed by atoms with E-state index in [4.69, 9.17) is 16.5 Å². The summed E-state index contributed by atoms with van der Waals surface area (Å²) in [4.78, 5) is 0. The lowest BCUT2D eigenvalue weighted by Gasteiger charge is -2.53. The molecule has 420 valence electrons. The Morgan fingerprint density at radius 1 is 0.182 bits per heavy atom. The highest BCUT2D eigenvalue weighted by Gasteiger charge is 2.68. The van der Waals surface area contributed by atoms with Gasteiger partial charge in [0.05, 0.1) is 22.1 Å². The van der Waals surface area contributed by atoms with Crippen LogP contribution >= 0.6 is 0 Å². The Labute approximate surface area is 516 Å². The van der Waals surface area contributed by atoms with E-state index in [1.54, 1.807) is 0 Å². The molecule has 1 aliphatic heterocycles. The van der Waals surface area contributed by atoms with E-state index in [1.807, 2.05) is 0 Å². The summed E-state index contributed by atoms with van der Waals surface area (Å²) < 4.78 is 40.0. The minimum Gasteiger partial charge on any atom is -0.402 e. The number of nitrogens with zero attached hydrogens (tertiary/aromatic N) is 2. The Morgan fingerprint density at radius 2 is 0.443 bits per heavy atom. The Balaban J connectivity index is 0.939. The van der Waals surface area contributed by atoms with Crippen molar-refractivity contribution < 1.29 is 16.5 Å². The fourth-order valence-electron chi connectivity index (χ4n) is 13.4. The van der Waals surface area contributed by atoms with Crippen LogP contribution in [0.4, 0.5) is 0 Å². The third-order valence-corrected chi connectivity index (χ3v) is 35.3. The highest BCUT2D eigenvalue weighted by molar-refractivity contribution is 7.16. The molecule has 88 heavy (non-hydrogen) atoms. The van der Waals surface area contributed by atoms with Gasteiger partial charge in [-0.05, 0) is 101 Å². The quantitative estimate of drug-likeness (QED) is 0.121. The lowest BCUT2D eigenvalue weighted by Crippen LogP contribution is -2.88. The van der Waals surface area contributed by atoms with Crippen molar-refractivity contribution in [2.24, 2.45) is 0 Å². The molecule has 0 atom stereocenters. The molecule has 0 spiro atoms. The van der Waals surface area contributed by atoms with Crippen molar-refractivity contribution in [3.63, 3.8) is 0 Å². The first kappa shape index (κ1) is 53.6. The first-order chi connectivity index (χ1) is 43.5. The van der Waals surface area contributed by atoms with Gasteiger partial charge in [0.15, 0.2) is 0 Å². The Kier molecular flexibility index (Phi) is 13.5. The van der Waals surface area contributed by atoms with Crippen LogP contribution in [-0.4, -0.2) is 43.4 Å². The maximum absolute atomic E-state index is 8.88. The maximum atomic E-state index is 8.88. The van der Waals surface area contributed by atoms with Crippen LogP contribution in [-0.2, 0) is 16.5 Å². The number of benzene rings is 13. The zero-order valence-corrected chi connectivity index (χ0v) is 52.0. The average molecular weight is 1200 g/mol. The minimum atomic E-state index is -4.26. The summed E-state index contributed by atoms with van der Waals surface area (Å²) in [7, 11) is -16.6. The van der Waals surface area contributed by atoms with Crippen LogP contribution in [0.25, 0.3) is 66.1 Å². The molecule has 16 rings (SSSR count). The van der Waals surface area contributed by atoms with Crippen molar-refractivity contribution in [2.45, 2.75) is 0 Å². The van der Waals surface area contributed by atoms with Crippen LogP contribution in [0.3, 0.4) is 0 Å². The summed E-state index contributed by atoms with van der Waals surface area (Å²) in [6.07, 6.45) is 0. The van der Waals surface area contributed by atoms with Gasteiger partial charge in [-0.15, -0.1) is 0 Å². The van der Waals surface area contributed by atoms with Crippen molar-refractivity contribution in [2.75, 3.05) is 0 Å². The first-order valence-corrected chi connectivity index (χ1v) is 37.2. The zero-order valence-electron chi connectivity index (χ0n) is 48.0. The van der Waals surface area contributed by atoms with E-state index < -0.39 is 34.2 Å². The topological polar surface area (TPSA) is 46.8 Å². The van der Waals surface area contributed by atoms with E-state index in [-0.39, 0.29) is 0 Å². The monoisotopic (exact) mass is 1200 g/mol. The second kappa shape index (κ2) is 22.1. The van der Waals surface area contributed by atoms with Crippen LogP contribution < -0.4 is 41.5 Å². The smallest absolute Gasteiger partial charge is 0.390 e. The predicted molar refractivity (Wildman–Crippen MR) is 370 cm³/mol. The normalized spacial score (nSPS) is 15.2. The molecule has 0 amide bonds. The number of aromatic nitrogens is 2. The molecule has 2 aromatic heterocycles. The van der Waals surface area contributed by atoms with Gasteiger partial charge < -0.3 is 25.6 Å². The van der Waals surface area contributed by atoms with Gasteiger partial charge in [-0.1, -0.05) is 303 Å². The third-order valence-electron chi connectivity index (χ3n) is 17.4. The van der Waals surface area contributed by atoms with Gasteiger partial charge in [-0.2, -0.15) is 0 Å². The Morgan fingerprint density at radius 3 is 0.807 bits per heavy atom. The fraction of sp³-hybridized carbons (Fsp3) is 0. The van der Waals surface area contributed by atoms with Crippen LogP contribution in [0.15, 0.2) is 352 Å².